The third-order valence-electron chi connectivity index (χ3n) is 5.95. The first kappa shape index (κ1) is 20.4. The van der Waals surface area contributed by atoms with Gasteiger partial charge in [-0.05, 0) is 48.1 Å². The predicted molar refractivity (Wildman–Crippen MR) is 114 cm³/mol. The lowest BCUT2D eigenvalue weighted by atomic mass is 9.91. The van der Waals surface area contributed by atoms with Gasteiger partial charge in [0.25, 0.3) is 6.43 Å². The van der Waals surface area contributed by atoms with Crippen molar-refractivity contribution in [1.29, 1.82) is 0 Å². The fraction of sp³-hybridized carbons (Fsp3) is 0.435. The molecule has 0 spiro atoms. The quantitative estimate of drug-likeness (QED) is 0.653. The van der Waals surface area contributed by atoms with E-state index in [0.29, 0.717) is 11.6 Å². The molecule has 1 heterocycles. The molecule has 1 saturated heterocycles. The molecule has 3 nitrogen and oxygen atoms in total. The molecule has 1 saturated carbocycles. The minimum absolute atomic E-state index is 0.0188. The average Bonchev–Trinajstić information content (AvgIpc) is 3.54. The third-order valence-corrected chi connectivity index (χ3v) is 6.52. The Labute approximate surface area is 175 Å². The summed E-state index contributed by atoms with van der Waals surface area (Å²) in [5, 5.41) is 0. The Balaban J connectivity index is 1.57. The van der Waals surface area contributed by atoms with E-state index >= 15 is 0 Å². The van der Waals surface area contributed by atoms with Crippen molar-refractivity contribution in [3.63, 3.8) is 0 Å². The monoisotopic (exact) mass is 416 g/mol. The van der Waals surface area contributed by atoms with Gasteiger partial charge in [0.1, 0.15) is 0 Å². The predicted octanol–water partition coefficient (Wildman–Crippen LogP) is 5.25. The zero-order valence-electron chi connectivity index (χ0n) is 16.5. The summed E-state index contributed by atoms with van der Waals surface area (Å²) < 4.78 is 30.9. The molecule has 154 valence electrons. The molecule has 2 aliphatic rings. The number of benzene rings is 2. The smallest absolute Gasteiger partial charge is 0.264 e. The summed E-state index contributed by atoms with van der Waals surface area (Å²) in [6.45, 7) is 1.52. The minimum atomic E-state index is -2.54. The maximum atomic E-state index is 13.8. The first-order valence-corrected chi connectivity index (χ1v) is 11.4. The van der Waals surface area contributed by atoms with Crippen LogP contribution >= 0.6 is 11.9 Å². The Hall–Kier alpha value is -1.92. The normalized spacial score (nSPS) is 24.0. The number of hydrogen-bond donors (Lipinski definition) is 1. The summed E-state index contributed by atoms with van der Waals surface area (Å²) >= 11 is 1.59. The highest BCUT2D eigenvalue weighted by molar-refractivity contribution is 7.96. The van der Waals surface area contributed by atoms with E-state index in [4.69, 9.17) is 0 Å². The Morgan fingerprint density at radius 3 is 2.69 bits per heavy atom. The van der Waals surface area contributed by atoms with E-state index in [1.165, 1.54) is 6.07 Å². The Bertz CT molecular complexity index is 859. The number of nitrogens with zero attached hydrogens (tertiary/aromatic N) is 1. The van der Waals surface area contributed by atoms with Gasteiger partial charge in [0.2, 0.25) is 5.91 Å². The molecule has 29 heavy (non-hydrogen) atoms. The number of carbonyl (C=O) groups excluding carboxylic acids is 1. The SMILES string of the molecule is CSNC1CCCN(C(=O)C2CC2c2cccc(C(F)F)c2-c2ccccc2)C1. The lowest BCUT2D eigenvalue weighted by Gasteiger charge is -2.33. The lowest BCUT2D eigenvalue weighted by Crippen LogP contribution is -2.46. The average molecular weight is 417 g/mol. The van der Waals surface area contributed by atoms with Crippen molar-refractivity contribution < 1.29 is 13.6 Å². The fourth-order valence-corrected chi connectivity index (χ4v) is 5.03. The summed E-state index contributed by atoms with van der Waals surface area (Å²) in [5.41, 5.74) is 2.32. The largest absolute Gasteiger partial charge is 0.341 e. The number of alkyl halides is 2. The summed E-state index contributed by atoms with van der Waals surface area (Å²) in [6, 6.07) is 14.8. The van der Waals surface area contributed by atoms with Crippen LogP contribution in [0.2, 0.25) is 0 Å². The summed E-state index contributed by atoms with van der Waals surface area (Å²) in [6.07, 6.45) is 2.27. The topological polar surface area (TPSA) is 32.3 Å². The van der Waals surface area contributed by atoms with Crippen molar-refractivity contribution in [3.8, 4) is 11.1 Å². The molecule has 2 aromatic rings. The van der Waals surface area contributed by atoms with Crippen LogP contribution in [0.3, 0.4) is 0 Å². The van der Waals surface area contributed by atoms with Gasteiger partial charge in [-0.3, -0.25) is 9.52 Å². The zero-order chi connectivity index (χ0) is 20.4. The van der Waals surface area contributed by atoms with E-state index in [2.05, 4.69) is 4.72 Å². The van der Waals surface area contributed by atoms with E-state index in [0.717, 1.165) is 43.5 Å². The highest BCUT2D eigenvalue weighted by Crippen LogP contribution is 2.52. The fourth-order valence-electron chi connectivity index (χ4n) is 4.50. The summed E-state index contributed by atoms with van der Waals surface area (Å²) in [4.78, 5) is 15.1. The standard InChI is InChI=1S/C23H26F2N2OS/c1-29-26-16-9-6-12-27(14-16)23(28)20-13-19(20)17-10-5-11-18(22(24)25)21(17)15-7-3-2-4-8-15/h2-5,7-8,10-11,16,19-20,22,26H,6,9,12-14H2,1H3. The van der Waals surface area contributed by atoms with Gasteiger partial charge in [0.15, 0.2) is 0 Å². The van der Waals surface area contributed by atoms with Gasteiger partial charge >= 0.3 is 0 Å². The van der Waals surface area contributed by atoms with E-state index in [1.807, 2.05) is 47.6 Å². The molecule has 3 atom stereocenters. The van der Waals surface area contributed by atoms with Crippen molar-refractivity contribution in [2.45, 2.75) is 37.6 Å². The van der Waals surface area contributed by atoms with Crippen LogP contribution in [0.1, 0.15) is 42.7 Å². The molecule has 3 unspecified atom stereocenters. The van der Waals surface area contributed by atoms with Crippen molar-refractivity contribution in [2.75, 3.05) is 19.3 Å². The van der Waals surface area contributed by atoms with Crippen LogP contribution in [0.4, 0.5) is 8.78 Å². The van der Waals surface area contributed by atoms with Gasteiger partial charge < -0.3 is 4.90 Å². The van der Waals surface area contributed by atoms with Gasteiger partial charge in [-0.1, -0.05) is 60.5 Å². The van der Waals surface area contributed by atoms with Gasteiger partial charge in [0, 0.05) is 30.6 Å². The van der Waals surface area contributed by atoms with E-state index in [9.17, 15) is 13.6 Å². The number of hydrogen-bond acceptors (Lipinski definition) is 3. The maximum absolute atomic E-state index is 13.8. The molecule has 0 aromatic heterocycles. The third kappa shape index (κ3) is 4.33. The van der Waals surface area contributed by atoms with Crippen LogP contribution in [0.5, 0.6) is 0 Å². The molecule has 1 N–H and O–H groups in total. The van der Waals surface area contributed by atoms with Gasteiger partial charge in [-0.2, -0.15) is 0 Å². The lowest BCUT2D eigenvalue weighted by molar-refractivity contribution is -0.133. The number of rotatable bonds is 6. The van der Waals surface area contributed by atoms with E-state index < -0.39 is 6.43 Å². The molecule has 2 aromatic carbocycles. The number of amides is 1. The molecule has 2 fully saturated rings. The zero-order valence-corrected chi connectivity index (χ0v) is 17.3. The van der Waals surface area contributed by atoms with Crippen LogP contribution in [-0.4, -0.2) is 36.2 Å². The summed E-state index contributed by atoms with van der Waals surface area (Å²) in [5.74, 6) is 0.0905. The van der Waals surface area contributed by atoms with E-state index in [-0.39, 0.29) is 23.3 Å². The number of likely N-dealkylation sites (tertiary alicyclic amines) is 1. The first-order chi connectivity index (χ1) is 14.1. The highest BCUT2D eigenvalue weighted by atomic mass is 32.2. The van der Waals surface area contributed by atoms with Crippen LogP contribution in [0.25, 0.3) is 11.1 Å². The second-order valence-corrected chi connectivity index (χ2v) is 8.52. The Morgan fingerprint density at radius 2 is 1.97 bits per heavy atom. The van der Waals surface area contributed by atoms with Crippen molar-refractivity contribution in [2.24, 2.45) is 5.92 Å². The first-order valence-electron chi connectivity index (χ1n) is 10.1. The number of piperidine rings is 1. The minimum Gasteiger partial charge on any atom is -0.341 e. The van der Waals surface area contributed by atoms with Crippen molar-refractivity contribution in [1.82, 2.24) is 9.62 Å². The van der Waals surface area contributed by atoms with Crippen molar-refractivity contribution in [3.05, 3.63) is 59.7 Å². The van der Waals surface area contributed by atoms with Crippen LogP contribution in [0, 0.1) is 5.92 Å². The number of nitrogens with one attached hydrogen (secondary N) is 1. The number of halogens is 2. The molecular formula is C23H26F2N2OS. The molecule has 4 rings (SSSR count). The molecule has 0 bridgehead atoms. The maximum Gasteiger partial charge on any atom is 0.264 e. The molecule has 6 heteroatoms. The van der Waals surface area contributed by atoms with Gasteiger partial charge in [-0.25, -0.2) is 8.78 Å². The molecule has 1 aliphatic carbocycles. The molecule has 1 aliphatic heterocycles. The number of carbonyl (C=O) groups is 1. The second kappa shape index (κ2) is 8.84. The van der Waals surface area contributed by atoms with Gasteiger partial charge in [-0.15, -0.1) is 0 Å². The highest BCUT2D eigenvalue weighted by Gasteiger charge is 2.47. The van der Waals surface area contributed by atoms with Crippen LogP contribution < -0.4 is 4.72 Å². The van der Waals surface area contributed by atoms with Crippen molar-refractivity contribution >= 4 is 17.9 Å². The van der Waals surface area contributed by atoms with Gasteiger partial charge in [0.05, 0.1) is 0 Å². The molecular weight excluding hydrogens is 390 g/mol. The summed E-state index contributed by atoms with van der Waals surface area (Å²) in [7, 11) is 0. The Morgan fingerprint density at radius 1 is 1.17 bits per heavy atom. The van der Waals surface area contributed by atoms with E-state index in [1.54, 1.807) is 18.0 Å². The molecule has 0 radical (unpaired) electrons. The van der Waals surface area contributed by atoms with Crippen LogP contribution in [0.15, 0.2) is 48.5 Å². The Kier molecular flexibility index (Phi) is 6.20. The molecule has 1 amide bonds. The second-order valence-electron chi connectivity index (χ2n) is 7.87. The van der Waals surface area contributed by atoms with Crippen LogP contribution in [-0.2, 0) is 4.79 Å².